The SMILES string of the molecule is Cc1nc2ncnn2c(NCc2ccc3c(c2)CN(C(=O)OC(C)(C)C)C3)c1C. The average Bonchev–Trinajstić information content (AvgIpc) is 3.26. The first kappa shape index (κ1) is 19.2. The Labute approximate surface area is 169 Å². The van der Waals surface area contributed by atoms with Crippen molar-refractivity contribution in [2.45, 2.75) is 59.9 Å². The van der Waals surface area contributed by atoms with Crippen molar-refractivity contribution in [3.63, 3.8) is 0 Å². The van der Waals surface area contributed by atoms with Crippen LogP contribution < -0.4 is 5.32 Å². The number of aryl methyl sites for hydroxylation is 1. The van der Waals surface area contributed by atoms with Crippen molar-refractivity contribution < 1.29 is 9.53 Å². The van der Waals surface area contributed by atoms with Gasteiger partial charge in [0, 0.05) is 30.9 Å². The molecule has 3 aromatic rings. The number of anilines is 1. The molecule has 0 radical (unpaired) electrons. The molecular weight excluding hydrogens is 368 g/mol. The van der Waals surface area contributed by atoms with Gasteiger partial charge in [-0.25, -0.2) is 9.78 Å². The summed E-state index contributed by atoms with van der Waals surface area (Å²) in [5.74, 6) is 1.47. The Kier molecular flexibility index (Phi) is 4.64. The number of hydrogen-bond donors (Lipinski definition) is 1. The molecule has 1 amide bonds. The molecule has 0 saturated carbocycles. The third-order valence-corrected chi connectivity index (χ3v) is 5.01. The molecule has 1 aromatic carbocycles. The molecule has 8 heteroatoms. The molecule has 0 unspecified atom stereocenters. The van der Waals surface area contributed by atoms with Crippen molar-refractivity contribution in [1.29, 1.82) is 0 Å². The minimum Gasteiger partial charge on any atom is -0.444 e. The van der Waals surface area contributed by atoms with E-state index in [4.69, 9.17) is 4.74 Å². The Bertz CT molecular complexity index is 1080. The lowest BCUT2D eigenvalue weighted by molar-refractivity contribution is 0.0242. The van der Waals surface area contributed by atoms with E-state index in [1.807, 2.05) is 34.6 Å². The van der Waals surface area contributed by atoms with Crippen LogP contribution in [-0.4, -0.2) is 36.2 Å². The fraction of sp³-hybridized carbons (Fsp3) is 0.429. The molecule has 4 rings (SSSR count). The number of nitrogens with zero attached hydrogens (tertiary/aromatic N) is 5. The maximum atomic E-state index is 12.4. The van der Waals surface area contributed by atoms with Gasteiger partial charge in [-0.3, -0.25) is 4.90 Å². The largest absolute Gasteiger partial charge is 0.444 e. The quantitative estimate of drug-likeness (QED) is 0.731. The summed E-state index contributed by atoms with van der Waals surface area (Å²) < 4.78 is 7.22. The van der Waals surface area contributed by atoms with Crippen LogP contribution >= 0.6 is 0 Å². The summed E-state index contributed by atoms with van der Waals surface area (Å²) in [6.07, 6.45) is 1.23. The van der Waals surface area contributed by atoms with Crippen LogP contribution in [0.4, 0.5) is 10.6 Å². The van der Waals surface area contributed by atoms with Crippen LogP contribution in [-0.2, 0) is 24.4 Å². The Hall–Kier alpha value is -3.16. The standard InChI is InChI=1S/C21H26N6O2/c1-13-14(2)25-19-23-12-24-27(19)18(13)22-9-15-6-7-16-10-26(11-17(16)8-15)20(28)29-21(3,4)5/h6-8,12,22H,9-11H2,1-5H3. The molecule has 0 saturated heterocycles. The van der Waals surface area contributed by atoms with Gasteiger partial charge in [-0.2, -0.15) is 14.6 Å². The summed E-state index contributed by atoms with van der Waals surface area (Å²) >= 11 is 0. The number of nitrogens with one attached hydrogen (secondary N) is 1. The predicted molar refractivity (Wildman–Crippen MR) is 110 cm³/mol. The first-order valence-corrected chi connectivity index (χ1v) is 9.71. The highest BCUT2D eigenvalue weighted by Crippen LogP contribution is 2.26. The molecule has 29 heavy (non-hydrogen) atoms. The maximum absolute atomic E-state index is 12.4. The number of fused-ring (bicyclic) bond motifs is 2. The van der Waals surface area contributed by atoms with E-state index in [2.05, 4.69) is 38.6 Å². The van der Waals surface area contributed by atoms with E-state index in [1.165, 1.54) is 6.33 Å². The predicted octanol–water partition coefficient (Wildman–Crippen LogP) is 3.60. The lowest BCUT2D eigenvalue weighted by atomic mass is 10.1. The monoisotopic (exact) mass is 394 g/mol. The number of rotatable bonds is 3. The minimum absolute atomic E-state index is 0.273. The topological polar surface area (TPSA) is 84.7 Å². The van der Waals surface area contributed by atoms with Crippen molar-refractivity contribution in [2.75, 3.05) is 5.32 Å². The number of hydrogen-bond acceptors (Lipinski definition) is 6. The second kappa shape index (κ2) is 7.02. The van der Waals surface area contributed by atoms with Crippen LogP contribution in [0.5, 0.6) is 0 Å². The number of benzene rings is 1. The van der Waals surface area contributed by atoms with Gasteiger partial charge in [-0.15, -0.1) is 0 Å². The number of carbonyl (C=O) groups is 1. The molecule has 0 bridgehead atoms. The summed E-state index contributed by atoms with van der Waals surface area (Å²) in [6.45, 7) is 11.4. The molecule has 152 valence electrons. The molecule has 0 fully saturated rings. The highest BCUT2D eigenvalue weighted by atomic mass is 16.6. The summed E-state index contributed by atoms with van der Waals surface area (Å²) in [7, 11) is 0. The molecule has 1 aliphatic heterocycles. The Morgan fingerprint density at radius 2 is 1.97 bits per heavy atom. The fourth-order valence-electron chi connectivity index (χ4n) is 3.44. The molecule has 3 heterocycles. The van der Waals surface area contributed by atoms with Crippen molar-refractivity contribution in [3.8, 4) is 0 Å². The van der Waals surface area contributed by atoms with Gasteiger partial charge < -0.3 is 10.1 Å². The number of carbonyl (C=O) groups excluding carboxylic acids is 1. The molecular formula is C21H26N6O2. The van der Waals surface area contributed by atoms with E-state index >= 15 is 0 Å². The molecule has 0 aliphatic carbocycles. The van der Waals surface area contributed by atoms with Crippen molar-refractivity contribution >= 4 is 17.7 Å². The summed E-state index contributed by atoms with van der Waals surface area (Å²) in [6, 6.07) is 6.33. The lowest BCUT2D eigenvalue weighted by Gasteiger charge is -2.24. The zero-order valence-corrected chi connectivity index (χ0v) is 17.5. The van der Waals surface area contributed by atoms with Crippen molar-refractivity contribution in [2.24, 2.45) is 0 Å². The minimum atomic E-state index is -0.492. The second-order valence-electron chi connectivity index (χ2n) is 8.44. The van der Waals surface area contributed by atoms with Gasteiger partial charge >= 0.3 is 6.09 Å². The van der Waals surface area contributed by atoms with Crippen LogP contribution in [0.25, 0.3) is 5.78 Å². The normalized spacial score (nSPS) is 13.6. The highest BCUT2D eigenvalue weighted by Gasteiger charge is 2.27. The summed E-state index contributed by atoms with van der Waals surface area (Å²) in [4.78, 5) is 22.7. The average molecular weight is 394 g/mol. The van der Waals surface area contributed by atoms with Crippen LogP contribution in [0.1, 0.15) is 48.7 Å². The number of amides is 1. The molecule has 1 N–H and O–H groups in total. The molecule has 0 spiro atoms. The van der Waals surface area contributed by atoms with Gasteiger partial charge in [0.25, 0.3) is 5.78 Å². The number of ether oxygens (including phenoxy) is 1. The Morgan fingerprint density at radius 1 is 1.21 bits per heavy atom. The molecule has 1 aliphatic rings. The second-order valence-corrected chi connectivity index (χ2v) is 8.44. The van der Waals surface area contributed by atoms with Gasteiger partial charge in [-0.1, -0.05) is 18.2 Å². The maximum Gasteiger partial charge on any atom is 0.410 e. The molecule has 8 nitrogen and oxygen atoms in total. The van der Waals surface area contributed by atoms with Crippen molar-refractivity contribution in [3.05, 3.63) is 52.5 Å². The third-order valence-electron chi connectivity index (χ3n) is 5.01. The Morgan fingerprint density at radius 3 is 2.72 bits per heavy atom. The van der Waals surface area contributed by atoms with Gasteiger partial charge in [-0.05, 0) is 51.3 Å². The van der Waals surface area contributed by atoms with Crippen LogP contribution in [0, 0.1) is 13.8 Å². The fourth-order valence-corrected chi connectivity index (χ4v) is 3.44. The van der Waals surface area contributed by atoms with Gasteiger partial charge in [0.1, 0.15) is 17.7 Å². The first-order chi connectivity index (χ1) is 13.7. The van der Waals surface area contributed by atoms with Gasteiger partial charge in [0.05, 0.1) is 0 Å². The number of aromatic nitrogens is 4. The van der Waals surface area contributed by atoms with Crippen LogP contribution in [0.2, 0.25) is 0 Å². The van der Waals surface area contributed by atoms with E-state index in [1.54, 1.807) is 9.42 Å². The highest BCUT2D eigenvalue weighted by molar-refractivity contribution is 5.69. The zero-order chi connectivity index (χ0) is 20.8. The van der Waals surface area contributed by atoms with Gasteiger partial charge in [0.15, 0.2) is 0 Å². The Balaban J connectivity index is 1.49. The van der Waals surface area contributed by atoms with Crippen LogP contribution in [0.15, 0.2) is 24.5 Å². The van der Waals surface area contributed by atoms with Gasteiger partial charge in [0.2, 0.25) is 0 Å². The zero-order valence-electron chi connectivity index (χ0n) is 17.5. The lowest BCUT2D eigenvalue weighted by Crippen LogP contribution is -2.33. The van der Waals surface area contributed by atoms with E-state index in [0.717, 1.165) is 33.8 Å². The van der Waals surface area contributed by atoms with E-state index in [0.29, 0.717) is 25.4 Å². The molecule has 0 atom stereocenters. The van der Waals surface area contributed by atoms with E-state index < -0.39 is 5.60 Å². The third kappa shape index (κ3) is 3.87. The van der Waals surface area contributed by atoms with E-state index in [9.17, 15) is 4.79 Å². The smallest absolute Gasteiger partial charge is 0.410 e. The molecule has 2 aromatic heterocycles. The van der Waals surface area contributed by atoms with Crippen molar-refractivity contribution in [1.82, 2.24) is 24.5 Å². The summed E-state index contributed by atoms with van der Waals surface area (Å²) in [5, 5.41) is 7.74. The first-order valence-electron chi connectivity index (χ1n) is 9.71. The van der Waals surface area contributed by atoms with Crippen LogP contribution in [0.3, 0.4) is 0 Å². The summed E-state index contributed by atoms with van der Waals surface area (Å²) in [5.41, 5.74) is 4.93. The van der Waals surface area contributed by atoms with E-state index in [-0.39, 0.29) is 6.09 Å².